The maximum Gasteiger partial charge on any atom is 0.219 e. The molecule has 0 atom stereocenters. The van der Waals surface area contributed by atoms with E-state index in [-0.39, 0.29) is 5.91 Å². The van der Waals surface area contributed by atoms with E-state index in [4.69, 9.17) is 0 Å². The molecule has 0 aromatic carbocycles. The normalized spacial score (nSPS) is 11.4. The van der Waals surface area contributed by atoms with Crippen LogP contribution in [0.25, 0.3) is 0 Å². The van der Waals surface area contributed by atoms with E-state index < -0.39 is 5.60 Å². The Labute approximate surface area is 79.7 Å². The van der Waals surface area contributed by atoms with Crippen LogP contribution in [0.1, 0.15) is 26.7 Å². The Morgan fingerprint density at radius 2 is 2.08 bits per heavy atom. The van der Waals surface area contributed by atoms with Gasteiger partial charge in [-0.15, -0.1) is 0 Å². The summed E-state index contributed by atoms with van der Waals surface area (Å²) in [6.07, 6.45) is 1.34. The molecule has 0 bridgehead atoms. The largest absolute Gasteiger partial charge is 0.389 e. The van der Waals surface area contributed by atoms with Gasteiger partial charge in [0.05, 0.1) is 5.60 Å². The van der Waals surface area contributed by atoms with Crippen molar-refractivity contribution in [1.29, 1.82) is 0 Å². The van der Waals surface area contributed by atoms with Crippen molar-refractivity contribution < 1.29 is 9.90 Å². The average Bonchev–Trinajstić information content (AvgIpc) is 2.01. The molecule has 0 spiro atoms. The Kier molecular flexibility index (Phi) is 5.66. The summed E-state index contributed by atoms with van der Waals surface area (Å²) in [6, 6.07) is 0. The number of hydrogen-bond acceptors (Lipinski definition) is 3. The highest BCUT2D eigenvalue weighted by Gasteiger charge is 2.10. The van der Waals surface area contributed by atoms with Crippen LogP contribution in [0, 0.1) is 0 Å². The molecule has 4 nitrogen and oxygen atoms in total. The van der Waals surface area contributed by atoms with Crippen LogP contribution >= 0.6 is 0 Å². The second-order valence-corrected chi connectivity index (χ2v) is 3.77. The fraction of sp³-hybridized carbons (Fsp3) is 0.889. The zero-order chi connectivity index (χ0) is 10.3. The minimum atomic E-state index is -0.674. The maximum atomic E-state index is 10.8. The van der Waals surface area contributed by atoms with E-state index in [0.29, 0.717) is 13.0 Å². The molecule has 0 fully saturated rings. The van der Waals surface area contributed by atoms with E-state index in [1.54, 1.807) is 20.9 Å². The Balaban J connectivity index is 3.22. The first-order valence-electron chi connectivity index (χ1n) is 4.59. The maximum absolute atomic E-state index is 10.8. The minimum Gasteiger partial charge on any atom is -0.389 e. The highest BCUT2D eigenvalue weighted by molar-refractivity contribution is 5.75. The third-order valence-corrected chi connectivity index (χ3v) is 1.59. The van der Waals surface area contributed by atoms with Crippen LogP contribution in [0.5, 0.6) is 0 Å². The van der Waals surface area contributed by atoms with Crippen LogP contribution in [0.4, 0.5) is 0 Å². The standard InChI is InChI=1S/C9H20N2O2/c1-9(2,13)7-11-6-4-5-8(12)10-3/h11,13H,4-7H2,1-3H3,(H,10,12). The zero-order valence-corrected chi connectivity index (χ0v) is 8.68. The van der Waals surface area contributed by atoms with Crippen molar-refractivity contribution in [2.45, 2.75) is 32.3 Å². The first-order chi connectivity index (χ1) is 5.95. The Morgan fingerprint density at radius 1 is 1.46 bits per heavy atom. The lowest BCUT2D eigenvalue weighted by Crippen LogP contribution is -2.35. The smallest absolute Gasteiger partial charge is 0.219 e. The highest BCUT2D eigenvalue weighted by atomic mass is 16.3. The molecule has 0 aliphatic heterocycles. The van der Waals surface area contributed by atoms with Crippen LogP contribution in [0.3, 0.4) is 0 Å². The predicted octanol–water partition coefficient (Wildman–Crippen LogP) is -0.127. The van der Waals surface area contributed by atoms with Gasteiger partial charge in [0.25, 0.3) is 0 Å². The van der Waals surface area contributed by atoms with Crippen molar-refractivity contribution in [3.63, 3.8) is 0 Å². The molecule has 0 rings (SSSR count). The van der Waals surface area contributed by atoms with Crippen LogP contribution in [0.2, 0.25) is 0 Å². The van der Waals surface area contributed by atoms with Gasteiger partial charge in [0.15, 0.2) is 0 Å². The van der Waals surface area contributed by atoms with Crippen molar-refractivity contribution in [1.82, 2.24) is 10.6 Å². The molecule has 78 valence electrons. The Morgan fingerprint density at radius 3 is 2.54 bits per heavy atom. The van der Waals surface area contributed by atoms with E-state index in [9.17, 15) is 9.90 Å². The predicted molar refractivity (Wildman–Crippen MR) is 52.5 cm³/mol. The van der Waals surface area contributed by atoms with E-state index in [1.807, 2.05) is 0 Å². The van der Waals surface area contributed by atoms with Gasteiger partial charge in [0, 0.05) is 20.0 Å². The number of nitrogens with one attached hydrogen (secondary N) is 2. The molecule has 0 saturated carbocycles. The number of carbonyl (C=O) groups is 1. The minimum absolute atomic E-state index is 0.0602. The summed E-state index contributed by atoms with van der Waals surface area (Å²) >= 11 is 0. The number of aliphatic hydroxyl groups is 1. The monoisotopic (exact) mass is 188 g/mol. The fourth-order valence-corrected chi connectivity index (χ4v) is 0.893. The molecule has 0 aromatic rings. The average molecular weight is 188 g/mol. The van der Waals surface area contributed by atoms with E-state index in [1.165, 1.54) is 0 Å². The molecule has 0 aliphatic carbocycles. The lowest BCUT2D eigenvalue weighted by molar-refractivity contribution is -0.120. The fourth-order valence-electron chi connectivity index (χ4n) is 0.893. The molecule has 13 heavy (non-hydrogen) atoms. The molecule has 0 heterocycles. The number of rotatable bonds is 6. The van der Waals surface area contributed by atoms with Crippen LogP contribution < -0.4 is 10.6 Å². The van der Waals surface area contributed by atoms with Crippen molar-refractivity contribution in [2.24, 2.45) is 0 Å². The summed E-state index contributed by atoms with van der Waals surface area (Å²) < 4.78 is 0. The first kappa shape index (κ1) is 12.4. The molecule has 1 amide bonds. The summed E-state index contributed by atoms with van der Waals surface area (Å²) in [5, 5.41) is 15.0. The number of carbonyl (C=O) groups excluding carboxylic acids is 1. The summed E-state index contributed by atoms with van der Waals surface area (Å²) in [5.74, 6) is 0.0602. The Bertz CT molecular complexity index is 152. The third-order valence-electron chi connectivity index (χ3n) is 1.59. The molecule has 0 radical (unpaired) electrons. The summed E-state index contributed by atoms with van der Waals surface area (Å²) in [5.41, 5.74) is -0.674. The van der Waals surface area contributed by atoms with Crippen LogP contribution in [-0.2, 0) is 4.79 Å². The van der Waals surface area contributed by atoms with Crippen molar-refractivity contribution in [3.8, 4) is 0 Å². The summed E-state index contributed by atoms with van der Waals surface area (Å²) in [6.45, 7) is 4.82. The molecule has 0 saturated heterocycles. The zero-order valence-electron chi connectivity index (χ0n) is 8.68. The topological polar surface area (TPSA) is 61.4 Å². The second kappa shape index (κ2) is 5.94. The van der Waals surface area contributed by atoms with Gasteiger partial charge in [-0.05, 0) is 26.8 Å². The number of amides is 1. The second-order valence-electron chi connectivity index (χ2n) is 3.77. The molecular weight excluding hydrogens is 168 g/mol. The molecule has 0 aromatic heterocycles. The first-order valence-corrected chi connectivity index (χ1v) is 4.59. The van der Waals surface area contributed by atoms with Crippen LogP contribution in [0.15, 0.2) is 0 Å². The van der Waals surface area contributed by atoms with Crippen molar-refractivity contribution in [3.05, 3.63) is 0 Å². The van der Waals surface area contributed by atoms with Crippen molar-refractivity contribution >= 4 is 5.91 Å². The van der Waals surface area contributed by atoms with E-state index >= 15 is 0 Å². The molecule has 0 aliphatic rings. The van der Waals surface area contributed by atoms with E-state index in [0.717, 1.165) is 13.0 Å². The highest BCUT2D eigenvalue weighted by Crippen LogP contribution is 1.97. The summed E-state index contributed by atoms with van der Waals surface area (Å²) in [7, 11) is 1.63. The molecular formula is C9H20N2O2. The van der Waals surface area contributed by atoms with Gasteiger partial charge in [-0.3, -0.25) is 4.79 Å². The summed E-state index contributed by atoms with van der Waals surface area (Å²) in [4.78, 5) is 10.8. The van der Waals surface area contributed by atoms with E-state index in [2.05, 4.69) is 10.6 Å². The van der Waals surface area contributed by atoms with Crippen LogP contribution in [-0.4, -0.2) is 36.8 Å². The molecule has 3 N–H and O–H groups in total. The van der Waals surface area contributed by atoms with Gasteiger partial charge in [-0.2, -0.15) is 0 Å². The van der Waals surface area contributed by atoms with Gasteiger partial charge in [0.1, 0.15) is 0 Å². The lowest BCUT2D eigenvalue weighted by Gasteiger charge is -2.17. The van der Waals surface area contributed by atoms with Gasteiger partial charge in [-0.25, -0.2) is 0 Å². The Hall–Kier alpha value is -0.610. The van der Waals surface area contributed by atoms with Gasteiger partial charge >= 0.3 is 0 Å². The molecule has 0 unspecified atom stereocenters. The lowest BCUT2D eigenvalue weighted by atomic mass is 10.1. The SMILES string of the molecule is CNC(=O)CCCNCC(C)(C)O. The number of hydrogen-bond donors (Lipinski definition) is 3. The molecule has 4 heteroatoms. The van der Waals surface area contributed by atoms with Gasteiger partial charge < -0.3 is 15.7 Å². The third kappa shape index (κ3) is 9.30. The van der Waals surface area contributed by atoms with Crippen molar-refractivity contribution in [2.75, 3.05) is 20.1 Å². The van der Waals surface area contributed by atoms with Gasteiger partial charge in [-0.1, -0.05) is 0 Å². The van der Waals surface area contributed by atoms with Gasteiger partial charge in [0.2, 0.25) is 5.91 Å². The quantitative estimate of drug-likeness (QED) is 0.509.